The van der Waals surface area contributed by atoms with E-state index in [1.165, 1.54) is 4.90 Å². The van der Waals surface area contributed by atoms with Crippen molar-refractivity contribution in [3.8, 4) is 5.75 Å². The zero-order valence-corrected chi connectivity index (χ0v) is 14.7. The summed E-state index contributed by atoms with van der Waals surface area (Å²) < 4.78 is 5.38. The predicted octanol–water partition coefficient (Wildman–Crippen LogP) is 3.66. The van der Waals surface area contributed by atoms with Gasteiger partial charge in [-0.3, -0.25) is 9.59 Å². The van der Waals surface area contributed by atoms with Gasteiger partial charge in [0.2, 0.25) is 5.91 Å². The zero-order valence-electron chi connectivity index (χ0n) is 13.9. The van der Waals surface area contributed by atoms with Gasteiger partial charge in [0.1, 0.15) is 5.75 Å². The minimum absolute atomic E-state index is 0.0416. The molecule has 2 aromatic rings. The summed E-state index contributed by atoms with van der Waals surface area (Å²) >= 11 is 5.86. The molecule has 1 aliphatic rings. The van der Waals surface area contributed by atoms with Crippen molar-refractivity contribution in [2.24, 2.45) is 0 Å². The molecule has 2 amide bonds. The van der Waals surface area contributed by atoms with Crippen LogP contribution in [-0.2, 0) is 16.0 Å². The molecule has 2 aromatic carbocycles. The van der Waals surface area contributed by atoms with E-state index >= 15 is 0 Å². The lowest BCUT2D eigenvalue weighted by molar-refractivity contribution is -0.121. The maximum atomic E-state index is 12.1. The molecule has 25 heavy (non-hydrogen) atoms. The second kappa shape index (κ2) is 7.57. The molecule has 1 heterocycles. The van der Waals surface area contributed by atoms with Crippen LogP contribution in [0.4, 0.5) is 11.4 Å². The summed E-state index contributed by atoms with van der Waals surface area (Å²) in [4.78, 5) is 25.4. The molecule has 1 aliphatic heterocycles. The van der Waals surface area contributed by atoms with Gasteiger partial charge in [0.15, 0.2) is 6.61 Å². The Morgan fingerprint density at radius 2 is 2.00 bits per heavy atom. The van der Waals surface area contributed by atoms with Crippen molar-refractivity contribution in [1.82, 2.24) is 0 Å². The number of halogens is 1. The number of ether oxygens (including phenoxy) is 1. The molecule has 0 aliphatic carbocycles. The number of hydrogen-bond donors (Lipinski definition) is 1. The first kappa shape index (κ1) is 17.3. The standard InChI is InChI=1S/C19H19ClN2O3/c1-22-16-11-15(9-10-17(16)25-12-19(22)24)21-18(23)4-2-3-13-5-7-14(20)8-6-13/h5-11H,2-4,12H2,1H3,(H,21,23). The van der Waals surface area contributed by atoms with E-state index in [0.717, 1.165) is 18.4 Å². The minimum atomic E-state index is -0.112. The molecule has 0 aromatic heterocycles. The lowest BCUT2D eigenvalue weighted by atomic mass is 10.1. The number of fused-ring (bicyclic) bond motifs is 1. The van der Waals surface area contributed by atoms with Crippen LogP contribution >= 0.6 is 11.6 Å². The molecule has 0 saturated heterocycles. The Morgan fingerprint density at radius 3 is 2.76 bits per heavy atom. The first-order valence-corrected chi connectivity index (χ1v) is 8.48. The third-order valence-electron chi connectivity index (χ3n) is 4.11. The Kier molecular flexibility index (Phi) is 5.24. The van der Waals surface area contributed by atoms with E-state index in [4.69, 9.17) is 16.3 Å². The van der Waals surface area contributed by atoms with E-state index in [0.29, 0.717) is 28.6 Å². The predicted molar refractivity (Wildman–Crippen MR) is 98.4 cm³/mol. The second-order valence-corrected chi connectivity index (χ2v) is 6.39. The van der Waals surface area contributed by atoms with Crippen molar-refractivity contribution < 1.29 is 14.3 Å². The molecule has 0 unspecified atom stereocenters. The zero-order chi connectivity index (χ0) is 17.8. The van der Waals surface area contributed by atoms with Crippen LogP contribution in [0.3, 0.4) is 0 Å². The van der Waals surface area contributed by atoms with Crippen molar-refractivity contribution in [2.45, 2.75) is 19.3 Å². The van der Waals surface area contributed by atoms with Crippen LogP contribution < -0.4 is 15.0 Å². The summed E-state index contributed by atoms with van der Waals surface area (Å²) in [6.07, 6.45) is 1.99. The largest absolute Gasteiger partial charge is 0.482 e. The maximum absolute atomic E-state index is 12.1. The van der Waals surface area contributed by atoms with E-state index in [1.54, 1.807) is 25.2 Å². The number of carbonyl (C=O) groups is 2. The van der Waals surface area contributed by atoms with Gasteiger partial charge >= 0.3 is 0 Å². The highest BCUT2D eigenvalue weighted by atomic mass is 35.5. The van der Waals surface area contributed by atoms with E-state index in [1.807, 2.05) is 24.3 Å². The van der Waals surface area contributed by atoms with E-state index in [-0.39, 0.29) is 18.4 Å². The highest BCUT2D eigenvalue weighted by Gasteiger charge is 2.22. The maximum Gasteiger partial charge on any atom is 0.264 e. The fraction of sp³-hybridized carbons (Fsp3) is 0.263. The third kappa shape index (κ3) is 4.31. The Hall–Kier alpha value is -2.53. The number of nitrogens with one attached hydrogen (secondary N) is 1. The van der Waals surface area contributed by atoms with Crippen LogP contribution in [0.1, 0.15) is 18.4 Å². The number of aryl methyl sites for hydroxylation is 1. The van der Waals surface area contributed by atoms with Gasteiger partial charge in [-0.1, -0.05) is 23.7 Å². The molecule has 5 nitrogen and oxygen atoms in total. The summed E-state index contributed by atoms with van der Waals surface area (Å²) in [7, 11) is 1.70. The molecule has 0 fully saturated rings. The van der Waals surface area contributed by atoms with Crippen molar-refractivity contribution in [1.29, 1.82) is 0 Å². The lowest BCUT2D eigenvalue weighted by Crippen LogP contribution is -2.35. The first-order valence-electron chi connectivity index (χ1n) is 8.10. The van der Waals surface area contributed by atoms with Gasteiger partial charge in [-0.2, -0.15) is 0 Å². The van der Waals surface area contributed by atoms with E-state index < -0.39 is 0 Å². The van der Waals surface area contributed by atoms with Gasteiger partial charge in [0.05, 0.1) is 5.69 Å². The van der Waals surface area contributed by atoms with E-state index in [2.05, 4.69) is 5.32 Å². The van der Waals surface area contributed by atoms with Crippen molar-refractivity contribution >= 4 is 34.8 Å². The monoisotopic (exact) mass is 358 g/mol. The van der Waals surface area contributed by atoms with Gasteiger partial charge in [-0.15, -0.1) is 0 Å². The van der Waals surface area contributed by atoms with Crippen molar-refractivity contribution in [3.63, 3.8) is 0 Å². The molecule has 0 atom stereocenters. The Morgan fingerprint density at radius 1 is 1.24 bits per heavy atom. The van der Waals surface area contributed by atoms with Crippen LogP contribution in [0, 0.1) is 0 Å². The molecule has 6 heteroatoms. The van der Waals surface area contributed by atoms with Gasteiger partial charge < -0.3 is 15.0 Å². The number of carbonyl (C=O) groups excluding carboxylic acids is 2. The summed E-state index contributed by atoms with van der Waals surface area (Å²) in [5.41, 5.74) is 2.47. The summed E-state index contributed by atoms with van der Waals surface area (Å²) in [6, 6.07) is 12.9. The third-order valence-corrected chi connectivity index (χ3v) is 4.36. The topological polar surface area (TPSA) is 58.6 Å². The number of anilines is 2. The number of nitrogens with zero attached hydrogens (tertiary/aromatic N) is 1. The number of rotatable bonds is 5. The molecule has 0 spiro atoms. The molecule has 0 bridgehead atoms. The fourth-order valence-corrected chi connectivity index (χ4v) is 2.80. The van der Waals surface area contributed by atoms with Crippen LogP contribution in [0.25, 0.3) is 0 Å². The molecule has 130 valence electrons. The minimum Gasteiger partial charge on any atom is -0.482 e. The van der Waals surface area contributed by atoms with Crippen molar-refractivity contribution in [2.75, 3.05) is 23.9 Å². The van der Waals surface area contributed by atoms with Crippen LogP contribution in [0.15, 0.2) is 42.5 Å². The highest BCUT2D eigenvalue weighted by Crippen LogP contribution is 2.33. The highest BCUT2D eigenvalue weighted by molar-refractivity contribution is 6.30. The van der Waals surface area contributed by atoms with E-state index in [9.17, 15) is 9.59 Å². The molecule has 0 saturated carbocycles. The summed E-state index contributed by atoms with van der Waals surface area (Å²) in [5.74, 6) is 0.474. The second-order valence-electron chi connectivity index (χ2n) is 5.95. The van der Waals surface area contributed by atoms with Crippen LogP contribution in [0.2, 0.25) is 5.02 Å². The molecule has 0 radical (unpaired) electrons. The van der Waals surface area contributed by atoms with Crippen LogP contribution in [0.5, 0.6) is 5.75 Å². The Labute approximate surface area is 151 Å². The summed E-state index contributed by atoms with van der Waals surface area (Å²) in [5, 5.41) is 3.58. The van der Waals surface area contributed by atoms with Gasteiger partial charge in [-0.05, 0) is 48.7 Å². The number of likely N-dealkylation sites (N-methyl/N-ethyl adjacent to an activating group) is 1. The molecule has 1 N–H and O–H groups in total. The van der Waals surface area contributed by atoms with Gasteiger partial charge in [0.25, 0.3) is 5.91 Å². The normalized spacial score (nSPS) is 13.2. The lowest BCUT2D eigenvalue weighted by Gasteiger charge is -2.26. The average Bonchev–Trinajstić information content (AvgIpc) is 2.60. The summed E-state index contributed by atoms with van der Waals surface area (Å²) in [6.45, 7) is 0.0416. The van der Waals surface area contributed by atoms with Crippen molar-refractivity contribution in [3.05, 3.63) is 53.1 Å². The fourth-order valence-electron chi connectivity index (χ4n) is 2.68. The average molecular weight is 359 g/mol. The SMILES string of the molecule is CN1C(=O)COc2ccc(NC(=O)CCCc3ccc(Cl)cc3)cc21. The Bertz CT molecular complexity index is 790. The quantitative estimate of drug-likeness (QED) is 0.887. The van der Waals surface area contributed by atoms with Gasteiger partial charge in [-0.25, -0.2) is 0 Å². The smallest absolute Gasteiger partial charge is 0.264 e. The number of hydrogen-bond acceptors (Lipinski definition) is 3. The van der Waals surface area contributed by atoms with Crippen LogP contribution in [-0.4, -0.2) is 25.5 Å². The molecular formula is C19H19ClN2O3. The van der Waals surface area contributed by atoms with Gasteiger partial charge in [0, 0.05) is 24.2 Å². The molecular weight excluding hydrogens is 340 g/mol. The Balaban J connectivity index is 1.54. The number of benzene rings is 2. The number of amides is 2. The first-order chi connectivity index (χ1) is 12.0. The molecule has 3 rings (SSSR count).